The van der Waals surface area contributed by atoms with Gasteiger partial charge in [-0.1, -0.05) is 11.6 Å². The molecule has 1 aromatic carbocycles. The fourth-order valence-electron chi connectivity index (χ4n) is 1.64. The largest absolute Gasteiger partial charge is 0.363 e. The average molecular weight is 379 g/mol. The molecule has 0 unspecified atom stereocenters. The topological polar surface area (TPSA) is 74.0 Å². The molecule has 0 saturated carbocycles. The first-order valence-corrected chi connectivity index (χ1v) is 8.37. The van der Waals surface area contributed by atoms with Crippen LogP contribution in [0.2, 0.25) is 5.02 Å². The SMILES string of the molecule is CNCc1cc(S(=O)(=O)Nc2ccc(Cl)cc2Br)c[nH]1. The minimum Gasteiger partial charge on any atom is -0.363 e. The van der Waals surface area contributed by atoms with Gasteiger partial charge in [0, 0.05) is 27.9 Å². The molecule has 108 valence electrons. The molecule has 1 aromatic heterocycles. The highest BCUT2D eigenvalue weighted by Crippen LogP contribution is 2.28. The van der Waals surface area contributed by atoms with E-state index < -0.39 is 10.0 Å². The number of hydrogen-bond acceptors (Lipinski definition) is 3. The first kappa shape index (κ1) is 15.4. The van der Waals surface area contributed by atoms with E-state index in [0.717, 1.165) is 5.69 Å². The lowest BCUT2D eigenvalue weighted by atomic mass is 10.3. The maximum atomic E-state index is 12.3. The van der Waals surface area contributed by atoms with Crippen molar-refractivity contribution in [1.29, 1.82) is 0 Å². The van der Waals surface area contributed by atoms with Crippen molar-refractivity contribution in [3.05, 3.63) is 45.7 Å². The van der Waals surface area contributed by atoms with E-state index in [-0.39, 0.29) is 4.90 Å². The highest BCUT2D eigenvalue weighted by Gasteiger charge is 2.17. The van der Waals surface area contributed by atoms with Gasteiger partial charge < -0.3 is 10.3 Å². The van der Waals surface area contributed by atoms with Gasteiger partial charge in [-0.2, -0.15) is 0 Å². The Morgan fingerprint density at radius 3 is 2.75 bits per heavy atom. The van der Waals surface area contributed by atoms with Crippen molar-refractivity contribution in [2.24, 2.45) is 0 Å². The summed E-state index contributed by atoms with van der Waals surface area (Å²) in [5, 5.41) is 3.47. The van der Waals surface area contributed by atoms with Crippen LogP contribution in [0, 0.1) is 0 Å². The third-order valence-corrected chi connectivity index (χ3v) is 4.81. The first-order chi connectivity index (χ1) is 9.42. The summed E-state index contributed by atoms with van der Waals surface area (Å²) in [7, 11) is -1.84. The Morgan fingerprint density at radius 2 is 2.10 bits per heavy atom. The van der Waals surface area contributed by atoms with Crippen LogP contribution in [0.3, 0.4) is 0 Å². The number of nitrogens with one attached hydrogen (secondary N) is 3. The number of sulfonamides is 1. The normalized spacial score (nSPS) is 11.6. The molecule has 8 heteroatoms. The van der Waals surface area contributed by atoms with E-state index >= 15 is 0 Å². The standard InChI is InChI=1S/C12H13BrClN3O2S/c1-15-6-9-5-10(7-16-9)20(18,19)17-12-3-2-8(14)4-11(12)13/h2-5,7,15-17H,6H2,1H3. The van der Waals surface area contributed by atoms with Gasteiger partial charge in [-0.3, -0.25) is 4.72 Å². The Hall–Kier alpha value is -1.02. The summed E-state index contributed by atoms with van der Waals surface area (Å²) >= 11 is 9.10. The Morgan fingerprint density at radius 1 is 1.35 bits per heavy atom. The lowest BCUT2D eigenvalue weighted by Gasteiger charge is -2.08. The number of halogens is 2. The van der Waals surface area contributed by atoms with Crippen molar-refractivity contribution in [3.8, 4) is 0 Å². The minimum absolute atomic E-state index is 0.185. The van der Waals surface area contributed by atoms with Gasteiger partial charge in [-0.25, -0.2) is 8.42 Å². The molecule has 0 aliphatic carbocycles. The molecule has 20 heavy (non-hydrogen) atoms. The minimum atomic E-state index is -3.63. The second-order valence-corrected chi connectivity index (χ2v) is 7.09. The molecule has 0 fully saturated rings. The molecule has 0 aliphatic rings. The van der Waals surface area contributed by atoms with Gasteiger partial charge in [0.1, 0.15) is 4.90 Å². The number of aromatic amines is 1. The number of hydrogen-bond donors (Lipinski definition) is 3. The van der Waals surface area contributed by atoms with Crippen LogP contribution >= 0.6 is 27.5 Å². The molecule has 2 rings (SSSR count). The van der Waals surface area contributed by atoms with Crippen LogP contribution in [0.1, 0.15) is 5.69 Å². The molecular formula is C12H13BrClN3O2S. The smallest absolute Gasteiger partial charge is 0.263 e. The number of rotatable bonds is 5. The molecule has 0 radical (unpaired) electrons. The molecule has 5 nitrogen and oxygen atoms in total. The third kappa shape index (κ3) is 3.54. The summed E-state index contributed by atoms with van der Waals surface area (Å²) < 4.78 is 27.6. The zero-order valence-electron chi connectivity index (χ0n) is 10.6. The molecule has 1 heterocycles. The van der Waals surface area contributed by atoms with Gasteiger partial charge in [-0.05, 0) is 47.2 Å². The molecule has 0 atom stereocenters. The van der Waals surface area contributed by atoms with E-state index in [1.807, 2.05) is 0 Å². The van der Waals surface area contributed by atoms with Gasteiger partial charge in [0.25, 0.3) is 10.0 Å². The van der Waals surface area contributed by atoms with Gasteiger partial charge >= 0.3 is 0 Å². The monoisotopic (exact) mass is 377 g/mol. The van der Waals surface area contributed by atoms with E-state index in [1.54, 1.807) is 31.3 Å². The maximum Gasteiger partial charge on any atom is 0.263 e. The predicted octanol–water partition coefficient (Wildman–Crippen LogP) is 2.95. The second kappa shape index (κ2) is 6.17. The van der Waals surface area contributed by atoms with Crippen molar-refractivity contribution >= 4 is 43.2 Å². The zero-order valence-corrected chi connectivity index (χ0v) is 13.7. The van der Waals surface area contributed by atoms with E-state index in [4.69, 9.17) is 11.6 Å². The van der Waals surface area contributed by atoms with Gasteiger partial charge in [0.05, 0.1) is 5.69 Å². The van der Waals surface area contributed by atoms with E-state index in [1.165, 1.54) is 6.20 Å². The van der Waals surface area contributed by atoms with Crippen molar-refractivity contribution in [2.45, 2.75) is 11.4 Å². The van der Waals surface area contributed by atoms with Crippen LogP contribution in [0.15, 0.2) is 39.8 Å². The van der Waals surface area contributed by atoms with Gasteiger partial charge in [0.2, 0.25) is 0 Å². The van der Waals surface area contributed by atoms with Crippen LogP contribution < -0.4 is 10.0 Å². The van der Waals surface area contributed by atoms with Gasteiger partial charge in [0.15, 0.2) is 0 Å². The number of anilines is 1. The Kier molecular flexibility index (Phi) is 4.74. The van der Waals surface area contributed by atoms with Crippen molar-refractivity contribution in [2.75, 3.05) is 11.8 Å². The van der Waals surface area contributed by atoms with E-state index in [9.17, 15) is 8.42 Å². The Balaban J connectivity index is 2.26. The summed E-state index contributed by atoms with van der Waals surface area (Å²) in [5.74, 6) is 0. The van der Waals surface area contributed by atoms with E-state index in [0.29, 0.717) is 21.7 Å². The van der Waals surface area contributed by atoms with Crippen molar-refractivity contribution < 1.29 is 8.42 Å². The van der Waals surface area contributed by atoms with E-state index in [2.05, 4.69) is 31.0 Å². The van der Waals surface area contributed by atoms with Crippen LogP contribution in [-0.4, -0.2) is 20.4 Å². The average Bonchev–Trinajstić information content (AvgIpc) is 2.83. The zero-order chi connectivity index (χ0) is 14.8. The number of benzene rings is 1. The summed E-state index contributed by atoms with van der Waals surface area (Å²) in [5.41, 5.74) is 1.23. The van der Waals surface area contributed by atoms with Crippen molar-refractivity contribution in [3.63, 3.8) is 0 Å². The van der Waals surface area contributed by atoms with Crippen LogP contribution in [0.4, 0.5) is 5.69 Å². The first-order valence-electron chi connectivity index (χ1n) is 5.72. The lowest BCUT2D eigenvalue weighted by molar-refractivity contribution is 0.601. The number of H-pyrrole nitrogens is 1. The Bertz CT molecular complexity index is 715. The quantitative estimate of drug-likeness (QED) is 0.749. The summed E-state index contributed by atoms with van der Waals surface area (Å²) in [6, 6.07) is 6.43. The van der Waals surface area contributed by atoms with Crippen LogP contribution in [0.5, 0.6) is 0 Å². The summed E-state index contributed by atoms with van der Waals surface area (Å²) in [6.45, 7) is 0.570. The highest BCUT2D eigenvalue weighted by atomic mass is 79.9. The highest BCUT2D eigenvalue weighted by molar-refractivity contribution is 9.10. The molecule has 2 aromatic rings. The fourth-order valence-corrected chi connectivity index (χ4v) is 3.65. The molecule has 0 bridgehead atoms. The fraction of sp³-hybridized carbons (Fsp3) is 0.167. The summed E-state index contributed by atoms with van der Waals surface area (Å²) in [6.07, 6.45) is 1.46. The maximum absolute atomic E-state index is 12.3. The summed E-state index contributed by atoms with van der Waals surface area (Å²) in [4.78, 5) is 3.09. The molecule has 0 aliphatic heterocycles. The molecule has 0 amide bonds. The van der Waals surface area contributed by atoms with Crippen LogP contribution in [0.25, 0.3) is 0 Å². The third-order valence-electron chi connectivity index (χ3n) is 2.57. The Labute approximate surface area is 130 Å². The van der Waals surface area contributed by atoms with Gasteiger partial charge in [-0.15, -0.1) is 0 Å². The lowest BCUT2D eigenvalue weighted by Crippen LogP contribution is -2.12. The number of aromatic nitrogens is 1. The second-order valence-electron chi connectivity index (χ2n) is 4.12. The molecule has 0 spiro atoms. The predicted molar refractivity (Wildman–Crippen MR) is 83.5 cm³/mol. The van der Waals surface area contributed by atoms with Crippen molar-refractivity contribution in [1.82, 2.24) is 10.3 Å². The van der Waals surface area contributed by atoms with Crippen LogP contribution in [-0.2, 0) is 16.6 Å². The molecule has 0 saturated heterocycles. The molecule has 3 N–H and O–H groups in total. The molecular weight excluding hydrogens is 366 g/mol.